The average molecular weight is 317 g/mol. The van der Waals surface area contributed by atoms with Crippen molar-refractivity contribution in [3.63, 3.8) is 0 Å². The van der Waals surface area contributed by atoms with E-state index in [9.17, 15) is 4.79 Å². The first kappa shape index (κ1) is 14.4. The molecule has 2 aliphatic heterocycles. The molecule has 2 aromatic heterocycles. The fourth-order valence-electron chi connectivity index (χ4n) is 3.31. The Morgan fingerprint density at radius 3 is 3.13 bits per heavy atom. The molecule has 1 amide bonds. The van der Waals surface area contributed by atoms with Crippen molar-refractivity contribution in [3.8, 4) is 0 Å². The number of fused-ring (bicyclic) bond motifs is 3. The van der Waals surface area contributed by atoms with Crippen LogP contribution in [0, 0.1) is 6.92 Å². The number of carbonyl (C=O) groups is 1. The van der Waals surface area contributed by atoms with Crippen LogP contribution >= 0.6 is 0 Å². The first-order chi connectivity index (χ1) is 11.2. The number of hydrogen-bond acceptors (Lipinski definition) is 6. The van der Waals surface area contributed by atoms with Gasteiger partial charge in [-0.25, -0.2) is 9.67 Å². The summed E-state index contributed by atoms with van der Waals surface area (Å²) in [6.07, 6.45) is 3.25. The van der Waals surface area contributed by atoms with Gasteiger partial charge < -0.3 is 14.1 Å². The van der Waals surface area contributed by atoms with Gasteiger partial charge >= 0.3 is 0 Å². The number of aromatic nitrogens is 4. The number of likely N-dealkylation sites (tertiary alicyclic amines) is 1. The Hall–Kier alpha value is -2.22. The highest BCUT2D eigenvalue weighted by molar-refractivity contribution is 5.92. The van der Waals surface area contributed by atoms with Crippen LogP contribution in [-0.2, 0) is 17.8 Å². The Bertz CT molecular complexity index is 737. The third-order valence-electron chi connectivity index (χ3n) is 4.55. The maximum Gasteiger partial charge on any atom is 0.291 e. The van der Waals surface area contributed by atoms with Crippen LogP contribution in [0.5, 0.6) is 0 Å². The quantitative estimate of drug-likeness (QED) is 0.825. The smallest absolute Gasteiger partial charge is 0.291 e. The lowest BCUT2D eigenvalue weighted by Gasteiger charge is -2.40. The van der Waals surface area contributed by atoms with E-state index >= 15 is 0 Å². The number of oxazole rings is 1. The summed E-state index contributed by atoms with van der Waals surface area (Å²) in [6, 6.07) is 0.00724. The summed E-state index contributed by atoms with van der Waals surface area (Å²) >= 11 is 0. The molecule has 8 nitrogen and oxygen atoms in total. The summed E-state index contributed by atoms with van der Waals surface area (Å²) < 4.78 is 13.4. The predicted octanol–water partition coefficient (Wildman–Crippen LogP) is 1.12. The van der Waals surface area contributed by atoms with Crippen LogP contribution in [0.1, 0.15) is 47.2 Å². The Morgan fingerprint density at radius 2 is 2.35 bits per heavy atom. The van der Waals surface area contributed by atoms with Gasteiger partial charge in [-0.1, -0.05) is 12.1 Å². The van der Waals surface area contributed by atoms with Gasteiger partial charge in [0.1, 0.15) is 0 Å². The zero-order chi connectivity index (χ0) is 16.0. The number of rotatable bonds is 2. The molecule has 2 aliphatic rings. The zero-order valence-electron chi connectivity index (χ0n) is 13.2. The first-order valence-corrected chi connectivity index (χ1v) is 7.93. The topological polar surface area (TPSA) is 86.3 Å². The van der Waals surface area contributed by atoms with Crippen LogP contribution in [0.25, 0.3) is 0 Å². The number of nitrogens with zero attached hydrogens (tertiary/aromatic N) is 5. The van der Waals surface area contributed by atoms with Crippen molar-refractivity contribution in [2.24, 2.45) is 0 Å². The highest BCUT2D eigenvalue weighted by Gasteiger charge is 2.39. The molecule has 23 heavy (non-hydrogen) atoms. The number of amides is 1. The highest BCUT2D eigenvalue weighted by Crippen LogP contribution is 2.31. The maximum atomic E-state index is 12.8. The first-order valence-electron chi connectivity index (χ1n) is 7.93. The van der Waals surface area contributed by atoms with Gasteiger partial charge in [0.15, 0.2) is 5.89 Å². The Balaban J connectivity index is 1.57. The normalized spacial score (nSPS) is 23.5. The van der Waals surface area contributed by atoms with Crippen LogP contribution < -0.4 is 0 Å². The SMILES string of the molecule is CCc1nc(C)c(C(=O)N2CC[C@@H]3OCc4cnnn4[C@@H]3C2)o1. The number of hydrogen-bond donors (Lipinski definition) is 0. The molecule has 4 rings (SSSR count). The van der Waals surface area contributed by atoms with Gasteiger partial charge in [-0.15, -0.1) is 5.10 Å². The van der Waals surface area contributed by atoms with Crippen LogP contribution in [0.3, 0.4) is 0 Å². The van der Waals surface area contributed by atoms with Crippen molar-refractivity contribution < 1.29 is 13.9 Å². The largest absolute Gasteiger partial charge is 0.435 e. The number of ether oxygens (including phenoxy) is 1. The minimum atomic E-state index is -0.111. The van der Waals surface area contributed by atoms with Crippen molar-refractivity contribution in [2.45, 2.75) is 45.4 Å². The van der Waals surface area contributed by atoms with Crippen LogP contribution in [0.15, 0.2) is 10.6 Å². The zero-order valence-corrected chi connectivity index (χ0v) is 13.2. The van der Waals surface area contributed by atoms with E-state index in [4.69, 9.17) is 9.15 Å². The van der Waals surface area contributed by atoms with Crippen LogP contribution in [-0.4, -0.2) is 50.0 Å². The van der Waals surface area contributed by atoms with E-state index in [1.165, 1.54) is 0 Å². The second-order valence-electron chi connectivity index (χ2n) is 6.00. The molecule has 8 heteroatoms. The minimum Gasteiger partial charge on any atom is -0.435 e. The summed E-state index contributed by atoms with van der Waals surface area (Å²) in [7, 11) is 0. The Morgan fingerprint density at radius 1 is 1.48 bits per heavy atom. The van der Waals surface area contributed by atoms with Gasteiger partial charge in [-0.2, -0.15) is 0 Å². The van der Waals surface area contributed by atoms with E-state index in [2.05, 4.69) is 15.3 Å². The van der Waals surface area contributed by atoms with Crippen molar-refractivity contribution in [3.05, 3.63) is 29.2 Å². The maximum absolute atomic E-state index is 12.8. The van der Waals surface area contributed by atoms with E-state index in [1.54, 1.807) is 11.1 Å². The summed E-state index contributed by atoms with van der Waals surface area (Å²) in [5.41, 5.74) is 1.60. The third kappa shape index (κ3) is 2.33. The minimum absolute atomic E-state index is 0.00724. The molecule has 0 bridgehead atoms. The van der Waals surface area contributed by atoms with E-state index in [1.807, 2.05) is 18.5 Å². The number of carbonyl (C=O) groups excluding carboxylic acids is 1. The van der Waals surface area contributed by atoms with Crippen molar-refractivity contribution in [1.29, 1.82) is 0 Å². The second kappa shape index (κ2) is 5.45. The van der Waals surface area contributed by atoms with Gasteiger partial charge in [-0.05, 0) is 13.3 Å². The molecule has 0 N–H and O–H groups in total. The standard InChI is InChI=1S/C15H19N5O3/c1-3-13-17-9(2)14(23-13)15(21)19-5-4-12-11(7-19)20-10(8-22-12)6-16-18-20/h6,11-12H,3-5,7-8H2,1-2H3/t11-,12+/m1/s1. The molecular weight excluding hydrogens is 298 g/mol. The van der Waals surface area contributed by atoms with E-state index in [0.29, 0.717) is 43.5 Å². The number of aryl methyl sites for hydroxylation is 2. The summed E-state index contributed by atoms with van der Waals surface area (Å²) in [5, 5.41) is 8.11. The van der Waals surface area contributed by atoms with Crippen LogP contribution in [0.2, 0.25) is 0 Å². The monoisotopic (exact) mass is 317 g/mol. The average Bonchev–Trinajstić information content (AvgIpc) is 3.19. The van der Waals surface area contributed by atoms with E-state index in [-0.39, 0.29) is 18.1 Å². The molecule has 1 saturated heterocycles. The van der Waals surface area contributed by atoms with Crippen molar-refractivity contribution in [1.82, 2.24) is 24.9 Å². The molecule has 1 fully saturated rings. The molecule has 2 atom stereocenters. The molecule has 122 valence electrons. The van der Waals surface area contributed by atoms with Gasteiger partial charge in [0, 0.05) is 19.5 Å². The molecule has 0 radical (unpaired) electrons. The van der Waals surface area contributed by atoms with Gasteiger partial charge in [0.2, 0.25) is 5.76 Å². The van der Waals surface area contributed by atoms with Gasteiger partial charge in [0.05, 0.1) is 36.3 Å². The number of piperidine rings is 1. The Kier molecular flexibility index (Phi) is 3.41. The Labute approximate surface area is 133 Å². The van der Waals surface area contributed by atoms with Gasteiger partial charge in [0.25, 0.3) is 5.91 Å². The highest BCUT2D eigenvalue weighted by atomic mass is 16.5. The molecule has 0 saturated carbocycles. The molecule has 4 heterocycles. The predicted molar refractivity (Wildman–Crippen MR) is 78.8 cm³/mol. The molecule has 2 aromatic rings. The molecule has 0 unspecified atom stereocenters. The molecule has 0 aromatic carbocycles. The molecule has 0 spiro atoms. The van der Waals surface area contributed by atoms with E-state index < -0.39 is 0 Å². The van der Waals surface area contributed by atoms with Gasteiger partial charge in [-0.3, -0.25) is 4.79 Å². The third-order valence-corrected chi connectivity index (χ3v) is 4.55. The summed E-state index contributed by atoms with van der Waals surface area (Å²) in [5.74, 6) is 0.830. The van der Waals surface area contributed by atoms with E-state index in [0.717, 1.165) is 12.1 Å². The van der Waals surface area contributed by atoms with Crippen molar-refractivity contribution in [2.75, 3.05) is 13.1 Å². The van der Waals surface area contributed by atoms with Crippen molar-refractivity contribution >= 4 is 5.91 Å². The van der Waals surface area contributed by atoms with Crippen LogP contribution in [0.4, 0.5) is 0 Å². The molecular formula is C15H19N5O3. The summed E-state index contributed by atoms with van der Waals surface area (Å²) in [4.78, 5) is 18.9. The second-order valence-corrected chi connectivity index (χ2v) is 6.00. The fraction of sp³-hybridized carbons (Fsp3) is 0.600. The lowest BCUT2D eigenvalue weighted by atomic mass is 10.00. The summed E-state index contributed by atoms with van der Waals surface area (Å²) in [6.45, 7) is 5.48. The fourth-order valence-corrected chi connectivity index (χ4v) is 3.31. The molecule has 0 aliphatic carbocycles. The lowest BCUT2D eigenvalue weighted by molar-refractivity contribution is -0.0608. The lowest BCUT2D eigenvalue weighted by Crippen LogP contribution is -2.50.